The molecular weight excluding hydrogens is 202 g/mol. The molecule has 4 heteroatoms. The molecule has 0 radical (unpaired) electrons. The van der Waals surface area contributed by atoms with Crippen LogP contribution in [0, 0.1) is 5.41 Å². The normalized spacial score (nSPS) is 24.9. The maximum absolute atomic E-state index is 12.0. The molecule has 0 aliphatic heterocycles. The van der Waals surface area contributed by atoms with E-state index in [4.69, 9.17) is 5.53 Å². The fourth-order valence-electron chi connectivity index (χ4n) is 2.55. The molecule has 1 saturated carbocycles. The average Bonchev–Trinajstić information content (AvgIpc) is 2.29. The number of azide groups is 1. The smallest absolute Gasteiger partial charge is 0.139 e. The van der Waals surface area contributed by atoms with E-state index in [0.717, 1.165) is 38.5 Å². The first-order chi connectivity index (χ1) is 7.75. The van der Waals surface area contributed by atoms with E-state index < -0.39 is 0 Å². The Hall–Kier alpha value is -1.28. The number of Topliss-reactive ketones (excluding diaryl/α,β-unsaturated/α-hetero) is 1. The summed E-state index contributed by atoms with van der Waals surface area (Å²) in [4.78, 5) is 14.7. The van der Waals surface area contributed by atoms with Gasteiger partial charge in [-0.05, 0) is 37.6 Å². The monoisotopic (exact) mass is 221 g/mol. The van der Waals surface area contributed by atoms with Gasteiger partial charge in [0.1, 0.15) is 5.78 Å². The van der Waals surface area contributed by atoms with Crippen LogP contribution in [0.4, 0.5) is 0 Å². The zero-order valence-electron chi connectivity index (χ0n) is 9.69. The van der Waals surface area contributed by atoms with Crippen LogP contribution in [0.5, 0.6) is 0 Å². The molecule has 0 spiro atoms. The van der Waals surface area contributed by atoms with Crippen molar-refractivity contribution in [3.8, 4) is 0 Å². The molecule has 0 bridgehead atoms. The van der Waals surface area contributed by atoms with Crippen LogP contribution < -0.4 is 0 Å². The zero-order valence-corrected chi connectivity index (χ0v) is 9.69. The Labute approximate surface area is 96.4 Å². The minimum Gasteiger partial charge on any atom is -0.299 e. The second-order valence-corrected chi connectivity index (χ2v) is 4.46. The van der Waals surface area contributed by atoms with Gasteiger partial charge in [0.25, 0.3) is 0 Å². The topological polar surface area (TPSA) is 65.8 Å². The number of ketones is 1. The van der Waals surface area contributed by atoms with Gasteiger partial charge >= 0.3 is 0 Å². The van der Waals surface area contributed by atoms with Gasteiger partial charge in [-0.1, -0.05) is 17.6 Å². The van der Waals surface area contributed by atoms with Gasteiger partial charge in [0, 0.05) is 23.3 Å². The first kappa shape index (κ1) is 12.8. The lowest BCUT2D eigenvalue weighted by Crippen LogP contribution is -2.34. The van der Waals surface area contributed by atoms with Gasteiger partial charge in [-0.2, -0.15) is 0 Å². The summed E-state index contributed by atoms with van der Waals surface area (Å²) in [6, 6.07) is 0. The van der Waals surface area contributed by atoms with E-state index in [1.165, 1.54) is 0 Å². The predicted octanol–water partition coefficient (Wildman–Crippen LogP) is 3.78. The Morgan fingerprint density at radius 2 is 2.38 bits per heavy atom. The molecule has 0 saturated heterocycles. The summed E-state index contributed by atoms with van der Waals surface area (Å²) in [5, 5.41) is 3.52. The SMILES string of the molecule is C=CC[C@]1(CCCN=[N+]=[N-])CCCCC1=O. The highest BCUT2D eigenvalue weighted by Crippen LogP contribution is 2.40. The van der Waals surface area contributed by atoms with Crippen molar-refractivity contribution in [2.75, 3.05) is 6.54 Å². The highest BCUT2D eigenvalue weighted by Gasteiger charge is 2.37. The van der Waals surface area contributed by atoms with Crippen LogP contribution in [0.15, 0.2) is 17.8 Å². The second-order valence-electron chi connectivity index (χ2n) is 4.46. The average molecular weight is 221 g/mol. The van der Waals surface area contributed by atoms with Crippen LogP contribution in [-0.2, 0) is 4.79 Å². The number of hydrogen-bond acceptors (Lipinski definition) is 2. The Bertz CT molecular complexity index is 307. The van der Waals surface area contributed by atoms with Crippen molar-refractivity contribution in [3.05, 3.63) is 23.1 Å². The van der Waals surface area contributed by atoms with Crippen LogP contribution in [-0.4, -0.2) is 12.3 Å². The first-order valence-corrected chi connectivity index (χ1v) is 5.90. The highest BCUT2D eigenvalue weighted by atomic mass is 16.1. The summed E-state index contributed by atoms with van der Waals surface area (Å²) in [6.07, 6.45) is 8.05. The van der Waals surface area contributed by atoms with Crippen molar-refractivity contribution >= 4 is 5.78 Å². The molecule has 0 heterocycles. The summed E-state index contributed by atoms with van der Waals surface area (Å²) in [5.74, 6) is 0.375. The van der Waals surface area contributed by atoms with Crippen molar-refractivity contribution in [3.63, 3.8) is 0 Å². The molecule has 1 rings (SSSR count). The maximum atomic E-state index is 12.0. The van der Waals surface area contributed by atoms with Gasteiger partial charge in [-0.25, -0.2) is 0 Å². The highest BCUT2D eigenvalue weighted by molar-refractivity contribution is 5.85. The molecule has 1 atom stereocenters. The van der Waals surface area contributed by atoms with E-state index in [1.54, 1.807) is 0 Å². The Morgan fingerprint density at radius 1 is 1.56 bits per heavy atom. The lowest BCUT2D eigenvalue weighted by atomic mass is 9.68. The van der Waals surface area contributed by atoms with Crippen molar-refractivity contribution in [2.45, 2.75) is 44.9 Å². The molecule has 1 fully saturated rings. The quantitative estimate of drug-likeness (QED) is 0.221. The first-order valence-electron chi connectivity index (χ1n) is 5.90. The molecule has 0 N–H and O–H groups in total. The largest absolute Gasteiger partial charge is 0.299 e. The van der Waals surface area contributed by atoms with Gasteiger partial charge in [0.15, 0.2) is 0 Å². The van der Waals surface area contributed by atoms with Gasteiger partial charge in [0.05, 0.1) is 0 Å². The fraction of sp³-hybridized carbons (Fsp3) is 0.750. The Morgan fingerprint density at radius 3 is 3.00 bits per heavy atom. The van der Waals surface area contributed by atoms with Crippen molar-refractivity contribution in [1.29, 1.82) is 0 Å². The maximum Gasteiger partial charge on any atom is 0.139 e. The zero-order chi connectivity index (χ0) is 11.9. The molecule has 0 aromatic rings. The van der Waals surface area contributed by atoms with E-state index in [9.17, 15) is 4.79 Å². The number of carbonyl (C=O) groups excluding carboxylic acids is 1. The molecule has 1 aliphatic carbocycles. The standard InChI is InChI=1S/C12H19N3O/c1-2-7-12(9-5-10-14-15-13)8-4-3-6-11(12)16/h2H,1,3-10H2/t12-/m1/s1. The van der Waals surface area contributed by atoms with Gasteiger partial charge in [-0.3, -0.25) is 4.79 Å². The van der Waals surface area contributed by atoms with Crippen molar-refractivity contribution < 1.29 is 4.79 Å². The Balaban J connectivity index is 2.59. The summed E-state index contributed by atoms with van der Waals surface area (Å²) in [7, 11) is 0. The summed E-state index contributed by atoms with van der Waals surface area (Å²) in [5.41, 5.74) is 7.99. The van der Waals surface area contributed by atoms with E-state index >= 15 is 0 Å². The minimum absolute atomic E-state index is 0.203. The van der Waals surface area contributed by atoms with Crippen LogP contribution in [0.25, 0.3) is 10.4 Å². The summed E-state index contributed by atoms with van der Waals surface area (Å²) >= 11 is 0. The van der Waals surface area contributed by atoms with Crippen molar-refractivity contribution in [2.24, 2.45) is 10.5 Å². The number of carbonyl (C=O) groups is 1. The lowest BCUT2D eigenvalue weighted by Gasteiger charge is -2.35. The molecule has 0 aromatic carbocycles. The molecular formula is C12H19N3O. The van der Waals surface area contributed by atoms with Crippen LogP contribution >= 0.6 is 0 Å². The van der Waals surface area contributed by atoms with E-state index in [1.807, 2.05) is 6.08 Å². The van der Waals surface area contributed by atoms with Gasteiger partial charge < -0.3 is 0 Å². The molecule has 88 valence electrons. The van der Waals surface area contributed by atoms with Gasteiger partial charge in [-0.15, -0.1) is 6.58 Å². The number of nitrogens with zero attached hydrogens (tertiary/aromatic N) is 3. The third-order valence-corrected chi connectivity index (χ3v) is 3.41. The molecule has 16 heavy (non-hydrogen) atoms. The van der Waals surface area contributed by atoms with Crippen molar-refractivity contribution in [1.82, 2.24) is 0 Å². The number of rotatable bonds is 6. The van der Waals surface area contributed by atoms with Crippen LogP contribution in [0.1, 0.15) is 44.9 Å². The fourth-order valence-corrected chi connectivity index (χ4v) is 2.55. The molecule has 0 amide bonds. The molecule has 1 aliphatic rings. The van der Waals surface area contributed by atoms with Crippen LogP contribution in [0.2, 0.25) is 0 Å². The minimum atomic E-state index is -0.203. The second kappa shape index (κ2) is 6.33. The van der Waals surface area contributed by atoms with E-state index in [-0.39, 0.29) is 5.41 Å². The predicted molar refractivity (Wildman–Crippen MR) is 64.0 cm³/mol. The third-order valence-electron chi connectivity index (χ3n) is 3.41. The number of allylic oxidation sites excluding steroid dienone is 1. The van der Waals surface area contributed by atoms with E-state index in [2.05, 4.69) is 16.6 Å². The van der Waals surface area contributed by atoms with Crippen LogP contribution in [0.3, 0.4) is 0 Å². The summed E-state index contributed by atoms with van der Waals surface area (Å²) < 4.78 is 0. The Kier molecular flexibility index (Phi) is 5.06. The third kappa shape index (κ3) is 3.11. The van der Waals surface area contributed by atoms with E-state index in [0.29, 0.717) is 18.7 Å². The lowest BCUT2D eigenvalue weighted by molar-refractivity contribution is -0.131. The van der Waals surface area contributed by atoms with Gasteiger partial charge in [0.2, 0.25) is 0 Å². The molecule has 0 unspecified atom stereocenters. The molecule has 4 nitrogen and oxygen atoms in total. The number of hydrogen-bond donors (Lipinski definition) is 0. The molecule has 0 aromatic heterocycles. The summed E-state index contributed by atoms with van der Waals surface area (Å²) in [6.45, 7) is 4.23.